The van der Waals surface area contributed by atoms with E-state index in [1.54, 1.807) is 15.6 Å². The van der Waals surface area contributed by atoms with Crippen molar-refractivity contribution in [1.82, 2.24) is 19.6 Å². The van der Waals surface area contributed by atoms with Gasteiger partial charge in [0.15, 0.2) is 0 Å². The third kappa shape index (κ3) is 1.97. The first kappa shape index (κ1) is 12.5. The highest BCUT2D eigenvalue weighted by molar-refractivity contribution is 5.87. The van der Waals surface area contributed by atoms with Crippen LogP contribution in [0.4, 0.5) is 5.82 Å². The molecule has 0 saturated carbocycles. The molecule has 102 valence electrons. The summed E-state index contributed by atoms with van der Waals surface area (Å²) < 4.78 is 3.47. The van der Waals surface area contributed by atoms with Crippen LogP contribution in [0.15, 0.2) is 36.7 Å². The number of benzene rings is 1. The number of anilines is 1. The molecule has 2 aromatic heterocycles. The molecule has 5 nitrogen and oxygen atoms in total. The summed E-state index contributed by atoms with van der Waals surface area (Å²) in [7, 11) is 3.75. The van der Waals surface area contributed by atoms with Gasteiger partial charge in [0.05, 0.1) is 11.8 Å². The van der Waals surface area contributed by atoms with Gasteiger partial charge in [-0.15, -0.1) is 0 Å². The quantitative estimate of drug-likeness (QED) is 0.775. The first-order chi connectivity index (χ1) is 9.56. The topological polar surface area (TPSA) is 61.7 Å². The first-order valence-electron chi connectivity index (χ1n) is 6.45. The molecule has 0 fully saturated rings. The van der Waals surface area contributed by atoms with E-state index in [-0.39, 0.29) is 0 Å². The SMILES string of the molecule is Cc1cccc(-c2c(-c3cnn(C)c3)nn(C)c2N)c1. The molecular formula is C15H17N5. The molecule has 3 aromatic rings. The highest BCUT2D eigenvalue weighted by Crippen LogP contribution is 2.35. The molecule has 0 spiro atoms. The maximum absolute atomic E-state index is 6.20. The van der Waals surface area contributed by atoms with Crippen molar-refractivity contribution in [3.05, 3.63) is 42.2 Å². The summed E-state index contributed by atoms with van der Waals surface area (Å²) in [6, 6.07) is 8.28. The van der Waals surface area contributed by atoms with Crippen molar-refractivity contribution in [2.45, 2.75) is 6.92 Å². The minimum absolute atomic E-state index is 0.662. The maximum Gasteiger partial charge on any atom is 0.129 e. The summed E-state index contributed by atoms with van der Waals surface area (Å²) in [5, 5.41) is 8.75. The molecule has 1 aromatic carbocycles. The molecule has 0 amide bonds. The lowest BCUT2D eigenvalue weighted by atomic mass is 10.0. The zero-order valence-corrected chi connectivity index (χ0v) is 11.8. The predicted octanol–water partition coefficient (Wildman–Crippen LogP) is 2.38. The van der Waals surface area contributed by atoms with Gasteiger partial charge in [0.2, 0.25) is 0 Å². The van der Waals surface area contributed by atoms with Crippen molar-refractivity contribution >= 4 is 5.82 Å². The molecule has 0 aliphatic heterocycles. The average Bonchev–Trinajstić information content (AvgIpc) is 2.95. The zero-order chi connectivity index (χ0) is 14.3. The van der Waals surface area contributed by atoms with Gasteiger partial charge in [0.25, 0.3) is 0 Å². The third-order valence-electron chi connectivity index (χ3n) is 3.38. The van der Waals surface area contributed by atoms with Crippen LogP contribution in [0.1, 0.15) is 5.56 Å². The molecule has 0 bridgehead atoms. The molecule has 2 N–H and O–H groups in total. The number of nitrogen functional groups attached to an aromatic ring is 1. The van der Waals surface area contributed by atoms with Gasteiger partial charge in [-0.05, 0) is 12.5 Å². The minimum Gasteiger partial charge on any atom is -0.383 e. The summed E-state index contributed by atoms with van der Waals surface area (Å²) in [4.78, 5) is 0. The second-order valence-electron chi connectivity index (χ2n) is 5.00. The van der Waals surface area contributed by atoms with Crippen molar-refractivity contribution in [3.8, 4) is 22.4 Å². The van der Waals surface area contributed by atoms with Gasteiger partial charge in [-0.2, -0.15) is 10.2 Å². The van der Waals surface area contributed by atoms with E-state index in [0.29, 0.717) is 5.82 Å². The van der Waals surface area contributed by atoms with Crippen LogP contribution < -0.4 is 5.73 Å². The standard InChI is InChI=1S/C15H17N5/c1-10-5-4-6-11(7-10)13-14(18-20(3)15(13)16)12-8-17-19(2)9-12/h4-9H,16H2,1-3H3. The zero-order valence-electron chi connectivity index (χ0n) is 11.8. The van der Waals surface area contributed by atoms with Crippen LogP contribution in [0.3, 0.4) is 0 Å². The fourth-order valence-electron chi connectivity index (χ4n) is 2.37. The Morgan fingerprint density at radius 2 is 1.95 bits per heavy atom. The molecule has 20 heavy (non-hydrogen) atoms. The molecule has 3 rings (SSSR count). The largest absolute Gasteiger partial charge is 0.383 e. The van der Waals surface area contributed by atoms with Crippen LogP contribution in [-0.2, 0) is 14.1 Å². The summed E-state index contributed by atoms with van der Waals surface area (Å²) in [6.07, 6.45) is 3.75. The predicted molar refractivity (Wildman–Crippen MR) is 80.0 cm³/mol. The maximum atomic E-state index is 6.20. The van der Waals surface area contributed by atoms with E-state index in [4.69, 9.17) is 5.73 Å². The highest BCUT2D eigenvalue weighted by atomic mass is 15.3. The van der Waals surface area contributed by atoms with E-state index in [1.807, 2.05) is 26.4 Å². The molecule has 2 heterocycles. The van der Waals surface area contributed by atoms with Crippen LogP contribution in [0.2, 0.25) is 0 Å². The lowest BCUT2D eigenvalue weighted by Crippen LogP contribution is -1.98. The number of aromatic nitrogens is 4. The van der Waals surface area contributed by atoms with Gasteiger partial charge < -0.3 is 5.73 Å². The minimum atomic E-state index is 0.662. The molecule has 5 heteroatoms. The first-order valence-corrected chi connectivity index (χ1v) is 6.45. The Bertz CT molecular complexity index is 766. The van der Waals surface area contributed by atoms with Gasteiger partial charge in [-0.3, -0.25) is 9.36 Å². The summed E-state index contributed by atoms with van der Waals surface area (Å²) in [6.45, 7) is 2.07. The molecule has 0 radical (unpaired) electrons. The molecule has 0 aliphatic rings. The van der Waals surface area contributed by atoms with Crippen LogP contribution in [-0.4, -0.2) is 19.6 Å². The summed E-state index contributed by atoms with van der Waals surface area (Å²) >= 11 is 0. The Kier molecular flexibility index (Phi) is 2.82. The highest BCUT2D eigenvalue weighted by Gasteiger charge is 2.18. The van der Waals surface area contributed by atoms with E-state index in [9.17, 15) is 0 Å². The van der Waals surface area contributed by atoms with Crippen molar-refractivity contribution in [3.63, 3.8) is 0 Å². The molecule has 0 aliphatic carbocycles. The lowest BCUT2D eigenvalue weighted by Gasteiger charge is -2.04. The molecule has 0 saturated heterocycles. The van der Waals surface area contributed by atoms with Crippen molar-refractivity contribution in [2.24, 2.45) is 14.1 Å². The lowest BCUT2D eigenvalue weighted by molar-refractivity contribution is 0.767. The smallest absolute Gasteiger partial charge is 0.129 e. The molecule has 0 unspecified atom stereocenters. The van der Waals surface area contributed by atoms with Crippen molar-refractivity contribution < 1.29 is 0 Å². The van der Waals surface area contributed by atoms with Gasteiger partial charge in [0.1, 0.15) is 11.5 Å². The van der Waals surface area contributed by atoms with Crippen LogP contribution >= 0.6 is 0 Å². The number of rotatable bonds is 2. The van der Waals surface area contributed by atoms with E-state index < -0.39 is 0 Å². The van der Waals surface area contributed by atoms with E-state index >= 15 is 0 Å². The normalized spacial score (nSPS) is 10.9. The van der Waals surface area contributed by atoms with Crippen LogP contribution in [0.25, 0.3) is 22.4 Å². The summed E-state index contributed by atoms with van der Waals surface area (Å²) in [5.41, 5.74) is 11.3. The van der Waals surface area contributed by atoms with Gasteiger partial charge >= 0.3 is 0 Å². The average molecular weight is 267 g/mol. The number of nitrogens with two attached hydrogens (primary N) is 1. The van der Waals surface area contributed by atoms with Gasteiger partial charge in [-0.1, -0.05) is 29.8 Å². The second-order valence-corrected chi connectivity index (χ2v) is 5.00. The Morgan fingerprint density at radius 1 is 1.15 bits per heavy atom. The van der Waals surface area contributed by atoms with Gasteiger partial charge in [0, 0.05) is 25.9 Å². The Labute approximate surface area is 117 Å². The van der Waals surface area contributed by atoms with Crippen LogP contribution in [0.5, 0.6) is 0 Å². The third-order valence-corrected chi connectivity index (χ3v) is 3.38. The number of hydrogen-bond donors (Lipinski definition) is 1. The number of hydrogen-bond acceptors (Lipinski definition) is 3. The van der Waals surface area contributed by atoms with E-state index in [0.717, 1.165) is 22.4 Å². The van der Waals surface area contributed by atoms with E-state index in [1.165, 1.54) is 5.56 Å². The molecule has 0 atom stereocenters. The Balaban J connectivity index is 2.24. The second kappa shape index (κ2) is 4.52. The van der Waals surface area contributed by atoms with Crippen molar-refractivity contribution in [2.75, 3.05) is 5.73 Å². The number of aryl methyl sites for hydroxylation is 3. The fraction of sp³-hybridized carbons (Fsp3) is 0.200. The fourth-order valence-corrected chi connectivity index (χ4v) is 2.37. The van der Waals surface area contributed by atoms with Gasteiger partial charge in [-0.25, -0.2) is 0 Å². The Hall–Kier alpha value is -2.56. The van der Waals surface area contributed by atoms with E-state index in [2.05, 4.69) is 35.3 Å². The Morgan fingerprint density at radius 3 is 2.60 bits per heavy atom. The molecular weight excluding hydrogens is 250 g/mol. The number of nitrogens with zero attached hydrogens (tertiary/aromatic N) is 4. The van der Waals surface area contributed by atoms with Crippen molar-refractivity contribution in [1.29, 1.82) is 0 Å². The van der Waals surface area contributed by atoms with Crippen LogP contribution in [0, 0.1) is 6.92 Å². The monoisotopic (exact) mass is 267 g/mol. The summed E-state index contributed by atoms with van der Waals surface area (Å²) in [5.74, 6) is 0.662.